The fourth-order valence-electron chi connectivity index (χ4n) is 3.38. The molecule has 0 bridgehead atoms. The number of carbonyl (C=O) groups is 2. The topological polar surface area (TPSA) is 72.9 Å². The quantitative estimate of drug-likeness (QED) is 0.825. The molecule has 0 spiro atoms. The van der Waals surface area contributed by atoms with Crippen LogP contribution in [0.5, 0.6) is 0 Å². The van der Waals surface area contributed by atoms with Gasteiger partial charge in [0.25, 0.3) is 0 Å². The van der Waals surface area contributed by atoms with E-state index in [1.165, 1.54) is 0 Å². The summed E-state index contributed by atoms with van der Waals surface area (Å²) in [5, 5.41) is 12.7. The number of carbonyl (C=O) groups excluding carboxylic acids is 1. The van der Waals surface area contributed by atoms with E-state index in [2.05, 4.69) is 12.2 Å². The highest BCUT2D eigenvalue weighted by Crippen LogP contribution is 2.22. The normalized spacial score (nSPS) is 23.9. The third kappa shape index (κ3) is 3.87. The SMILES string of the molecule is CCCN(C(=O)N1CCCCC1C(=O)O)C1CCNCC1. The van der Waals surface area contributed by atoms with Gasteiger partial charge in [0, 0.05) is 19.1 Å². The van der Waals surface area contributed by atoms with Crippen molar-refractivity contribution in [1.29, 1.82) is 0 Å². The molecule has 2 aliphatic rings. The number of urea groups is 1. The molecule has 0 saturated carbocycles. The molecule has 6 nitrogen and oxygen atoms in total. The molecule has 0 aliphatic carbocycles. The number of carboxylic acids is 1. The van der Waals surface area contributed by atoms with E-state index in [4.69, 9.17) is 0 Å². The summed E-state index contributed by atoms with van der Waals surface area (Å²) in [4.78, 5) is 27.8. The van der Waals surface area contributed by atoms with Crippen LogP contribution in [0.3, 0.4) is 0 Å². The second-order valence-electron chi connectivity index (χ2n) is 6.00. The van der Waals surface area contributed by atoms with E-state index in [0.717, 1.165) is 45.2 Å². The predicted molar refractivity (Wildman–Crippen MR) is 80.3 cm³/mol. The van der Waals surface area contributed by atoms with E-state index in [1.807, 2.05) is 4.90 Å². The van der Waals surface area contributed by atoms with Gasteiger partial charge in [-0.2, -0.15) is 0 Å². The van der Waals surface area contributed by atoms with Crippen LogP contribution in [0.1, 0.15) is 45.4 Å². The number of carboxylic acid groups (broad SMARTS) is 1. The van der Waals surface area contributed by atoms with Crippen molar-refractivity contribution in [1.82, 2.24) is 15.1 Å². The van der Waals surface area contributed by atoms with Gasteiger partial charge in [0.15, 0.2) is 0 Å². The Labute approximate surface area is 126 Å². The fourth-order valence-corrected chi connectivity index (χ4v) is 3.38. The monoisotopic (exact) mass is 297 g/mol. The lowest BCUT2D eigenvalue weighted by Gasteiger charge is -2.41. The van der Waals surface area contributed by atoms with Crippen LogP contribution in [-0.2, 0) is 4.79 Å². The van der Waals surface area contributed by atoms with Gasteiger partial charge in [-0.3, -0.25) is 0 Å². The number of aliphatic carboxylic acids is 1. The van der Waals surface area contributed by atoms with E-state index >= 15 is 0 Å². The molecule has 0 aromatic carbocycles. The van der Waals surface area contributed by atoms with E-state index < -0.39 is 12.0 Å². The van der Waals surface area contributed by atoms with Gasteiger partial charge < -0.3 is 20.2 Å². The summed E-state index contributed by atoms with van der Waals surface area (Å²) in [6.07, 6.45) is 5.19. The molecule has 0 aromatic heterocycles. The second-order valence-corrected chi connectivity index (χ2v) is 6.00. The van der Waals surface area contributed by atoms with E-state index in [9.17, 15) is 14.7 Å². The molecule has 1 unspecified atom stereocenters. The van der Waals surface area contributed by atoms with Crippen molar-refractivity contribution < 1.29 is 14.7 Å². The van der Waals surface area contributed by atoms with Crippen LogP contribution in [0.4, 0.5) is 4.79 Å². The molecule has 0 aromatic rings. The number of nitrogens with one attached hydrogen (secondary N) is 1. The molecule has 1 atom stereocenters. The van der Waals surface area contributed by atoms with Crippen molar-refractivity contribution in [2.75, 3.05) is 26.2 Å². The molecule has 120 valence electrons. The molecule has 2 fully saturated rings. The van der Waals surface area contributed by atoms with Gasteiger partial charge in [0.1, 0.15) is 6.04 Å². The Hall–Kier alpha value is -1.30. The molecule has 2 aliphatic heterocycles. The zero-order valence-electron chi connectivity index (χ0n) is 12.9. The molecule has 2 rings (SSSR count). The highest BCUT2D eigenvalue weighted by atomic mass is 16.4. The van der Waals surface area contributed by atoms with Crippen LogP contribution in [0.25, 0.3) is 0 Å². The molecule has 6 heteroatoms. The maximum atomic E-state index is 12.9. The first-order valence-corrected chi connectivity index (χ1v) is 8.16. The minimum absolute atomic E-state index is 0.0733. The molecule has 2 saturated heterocycles. The molecule has 2 heterocycles. The van der Waals surface area contributed by atoms with E-state index in [-0.39, 0.29) is 12.1 Å². The van der Waals surface area contributed by atoms with Crippen molar-refractivity contribution in [3.63, 3.8) is 0 Å². The first-order chi connectivity index (χ1) is 10.1. The molecular formula is C15H27N3O3. The zero-order chi connectivity index (χ0) is 15.2. The van der Waals surface area contributed by atoms with E-state index in [0.29, 0.717) is 19.5 Å². The van der Waals surface area contributed by atoms with Gasteiger partial charge >= 0.3 is 12.0 Å². The largest absolute Gasteiger partial charge is 0.480 e. The number of likely N-dealkylation sites (tertiary alicyclic amines) is 1. The summed E-state index contributed by atoms with van der Waals surface area (Å²) in [6, 6.07) is -0.474. The molecule has 0 radical (unpaired) electrons. The summed E-state index contributed by atoms with van der Waals surface area (Å²) in [5.41, 5.74) is 0. The number of hydrogen-bond acceptors (Lipinski definition) is 3. The lowest BCUT2D eigenvalue weighted by atomic mass is 10.0. The number of amides is 2. The Morgan fingerprint density at radius 2 is 1.95 bits per heavy atom. The number of nitrogens with zero attached hydrogens (tertiary/aromatic N) is 2. The van der Waals surface area contributed by atoms with Gasteiger partial charge in [-0.1, -0.05) is 6.92 Å². The predicted octanol–water partition coefficient (Wildman–Crippen LogP) is 1.51. The zero-order valence-corrected chi connectivity index (χ0v) is 12.9. The van der Waals surface area contributed by atoms with Crippen molar-refractivity contribution in [3.8, 4) is 0 Å². The van der Waals surface area contributed by atoms with Crippen molar-refractivity contribution in [2.45, 2.75) is 57.5 Å². The molecular weight excluding hydrogens is 270 g/mol. The van der Waals surface area contributed by atoms with E-state index in [1.54, 1.807) is 4.90 Å². The number of hydrogen-bond donors (Lipinski definition) is 2. The Balaban J connectivity index is 2.09. The van der Waals surface area contributed by atoms with Crippen LogP contribution in [-0.4, -0.2) is 65.2 Å². The van der Waals surface area contributed by atoms with Crippen LogP contribution >= 0.6 is 0 Å². The molecule has 21 heavy (non-hydrogen) atoms. The first-order valence-electron chi connectivity index (χ1n) is 8.16. The van der Waals surface area contributed by atoms with Crippen LogP contribution in [0, 0.1) is 0 Å². The summed E-state index contributed by atoms with van der Waals surface area (Å²) >= 11 is 0. The smallest absolute Gasteiger partial charge is 0.326 e. The second kappa shape index (κ2) is 7.64. The average molecular weight is 297 g/mol. The molecule has 2 amide bonds. The Morgan fingerprint density at radius 1 is 1.24 bits per heavy atom. The Kier molecular flexibility index (Phi) is 5.85. The maximum absolute atomic E-state index is 12.9. The van der Waals surface area contributed by atoms with Crippen LogP contribution in [0.15, 0.2) is 0 Å². The Morgan fingerprint density at radius 3 is 2.57 bits per heavy atom. The van der Waals surface area contributed by atoms with Crippen molar-refractivity contribution >= 4 is 12.0 Å². The highest BCUT2D eigenvalue weighted by molar-refractivity contribution is 5.83. The minimum Gasteiger partial charge on any atom is -0.480 e. The summed E-state index contributed by atoms with van der Waals surface area (Å²) in [7, 11) is 0. The number of piperidine rings is 2. The third-order valence-electron chi connectivity index (χ3n) is 4.49. The van der Waals surface area contributed by atoms with Gasteiger partial charge in [-0.05, 0) is 51.6 Å². The van der Waals surface area contributed by atoms with Crippen LogP contribution < -0.4 is 5.32 Å². The fraction of sp³-hybridized carbons (Fsp3) is 0.867. The first kappa shape index (κ1) is 16.1. The third-order valence-corrected chi connectivity index (χ3v) is 4.49. The Bertz CT molecular complexity index is 369. The van der Waals surface area contributed by atoms with Crippen molar-refractivity contribution in [3.05, 3.63) is 0 Å². The van der Waals surface area contributed by atoms with Gasteiger partial charge in [-0.15, -0.1) is 0 Å². The summed E-state index contributed by atoms with van der Waals surface area (Å²) in [5.74, 6) is -0.871. The standard InChI is InChI=1S/C15H27N3O3/c1-2-10-17(12-6-8-16-9-7-12)15(21)18-11-4-3-5-13(18)14(19)20/h12-13,16H,2-11H2,1H3,(H,19,20). The summed E-state index contributed by atoms with van der Waals surface area (Å²) in [6.45, 7) is 5.21. The lowest BCUT2D eigenvalue weighted by molar-refractivity contribution is -0.143. The van der Waals surface area contributed by atoms with Gasteiger partial charge in [-0.25, -0.2) is 9.59 Å². The van der Waals surface area contributed by atoms with Crippen molar-refractivity contribution in [2.24, 2.45) is 0 Å². The lowest BCUT2D eigenvalue weighted by Crippen LogP contribution is -2.56. The average Bonchev–Trinajstić information content (AvgIpc) is 2.52. The molecule has 2 N–H and O–H groups in total. The maximum Gasteiger partial charge on any atom is 0.326 e. The van der Waals surface area contributed by atoms with Crippen LogP contribution in [0.2, 0.25) is 0 Å². The summed E-state index contributed by atoms with van der Waals surface area (Å²) < 4.78 is 0. The highest BCUT2D eigenvalue weighted by Gasteiger charge is 2.36. The number of rotatable bonds is 4. The minimum atomic E-state index is -0.871. The van der Waals surface area contributed by atoms with Gasteiger partial charge in [0.05, 0.1) is 0 Å². The van der Waals surface area contributed by atoms with Gasteiger partial charge in [0.2, 0.25) is 0 Å².